The maximum absolute atomic E-state index is 12.2. The molecular formula is C12H19NO3. The molecule has 0 bridgehead atoms. The lowest BCUT2D eigenvalue weighted by atomic mass is 10.0. The van der Waals surface area contributed by atoms with E-state index in [-0.39, 0.29) is 23.7 Å². The second-order valence-electron chi connectivity index (χ2n) is 5.76. The molecule has 2 saturated heterocycles. The first-order valence-corrected chi connectivity index (χ1v) is 6.13. The zero-order chi connectivity index (χ0) is 11.3. The molecule has 90 valence electrons. The largest absolute Gasteiger partial charge is 0.376 e. The van der Waals surface area contributed by atoms with Crippen LogP contribution in [0.4, 0.5) is 0 Å². The molecule has 0 N–H and O–H groups in total. The summed E-state index contributed by atoms with van der Waals surface area (Å²) < 4.78 is 11.4. The van der Waals surface area contributed by atoms with Crippen molar-refractivity contribution in [3.63, 3.8) is 0 Å². The molecule has 0 unspecified atom stereocenters. The summed E-state index contributed by atoms with van der Waals surface area (Å²) in [4.78, 5) is 14.2. The van der Waals surface area contributed by atoms with Crippen LogP contribution in [0.1, 0.15) is 26.7 Å². The van der Waals surface area contributed by atoms with E-state index in [2.05, 4.69) is 13.8 Å². The van der Waals surface area contributed by atoms with E-state index in [1.807, 2.05) is 4.90 Å². The van der Waals surface area contributed by atoms with Crippen LogP contribution >= 0.6 is 0 Å². The molecule has 0 aromatic carbocycles. The normalized spacial score (nSPS) is 37.2. The van der Waals surface area contributed by atoms with Crippen LogP contribution < -0.4 is 0 Å². The second-order valence-corrected chi connectivity index (χ2v) is 5.76. The lowest BCUT2D eigenvalue weighted by Crippen LogP contribution is -2.60. The van der Waals surface area contributed by atoms with Gasteiger partial charge in [-0.3, -0.25) is 4.79 Å². The number of carbonyl (C=O) groups excluding carboxylic acids is 1. The van der Waals surface area contributed by atoms with Gasteiger partial charge in [0.05, 0.1) is 24.9 Å². The summed E-state index contributed by atoms with van der Waals surface area (Å²) in [6.07, 6.45) is 2.20. The first-order valence-electron chi connectivity index (χ1n) is 6.13. The Morgan fingerprint density at radius 3 is 2.75 bits per heavy atom. The van der Waals surface area contributed by atoms with Crippen LogP contribution in [0.15, 0.2) is 0 Å². The van der Waals surface area contributed by atoms with Crippen LogP contribution in [0.3, 0.4) is 0 Å². The van der Waals surface area contributed by atoms with Crippen LogP contribution in [0.2, 0.25) is 0 Å². The van der Waals surface area contributed by atoms with Crippen molar-refractivity contribution < 1.29 is 14.3 Å². The van der Waals surface area contributed by atoms with E-state index in [1.54, 1.807) is 0 Å². The van der Waals surface area contributed by atoms with Gasteiger partial charge in [0.1, 0.15) is 6.10 Å². The van der Waals surface area contributed by atoms with Crippen LogP contribution in [0.25, 0.3) is 0 Å². The fourth-order valence-corrected chi connectivity index (χ4v) is 2.71. The van der Waals surface area contributed by atoms with Gasteiger partial charge in [0, 0.05) is 12.5 Å². The predicted octanol–water partition coefficient (Wildman–Crippen LogP) is 0.801. The number of amides is 1. The summed E-state index contributed by atoms with van der Waals surface area (Å²) in [5, 5.41) is 0. The average Bonchev–Trinajstić information content (AvgIpc) is 2.95. The highest BCUT2D eigenvalue weighted by molar-refractivity contribution is 5.81. The van der Waals surface area contributed by atoms with Gasteiger partial charge in [0.2, 0.25) is 5.91 Å². The van der Waals surface area contributed by atoms with E-state index in [4.69, 9.17) is 9.47 Å². The highest BCUT2D eigenvalue weighted by Crippen LogP contribution is 2.36. The maximum atomic E-state index is 12.2. The van der Waals surface area contributed by atoms with Crippen LogP contribution in [0, 0.1) is 5.92 Å². The lowest BCUT2D eigenvalue weighted by Gasteiger charge is -2.45. The van der Waals surface area contributed by atoms with Gasteiger partial charge in [-0.2, -0.15) is 0 Å². The molecule has 0 aromatic rings. The van der Waals surface area contributed by atoms with E-state index in [1.165, 1.54) is 0 Å². The number of hydrogen-bond donors (Lipinski definition) is 0. The fourth-order valence-electron chi connectivity index (χ4n) is 2.71. The van der Waals surface area contributed by atoms with Crippen molar-refractivity contribution in [3.8, 4) is 0 Å². The molecule has 3 aliphatic rings. The van der Waals surface area contributed by atoms with Crippen molar-refractivity contribution >= 4 is 5.91 Å². The summed E-state index contributed by atoms with van der Waals surface area (Å²) in [6, 6.07) is 0.154. The molecule has 0 spiro atoms. The highest BCUT2D eigenvalue weighted by atomic mass is 16.6. The van der Waals surface area contributed by atoms with Gasteiger partial charge in [0.25, 0.3) is 0 Å². The molecule has 2 aliphatic heterocycles. The quantitative estimate of drug-likeness (QED) is 0.662. The minimum atomic E-state index is -0.237. The standard InChI is InChI=1S/C12H19NO3/c1-12(2)7-13(11(14)8-3-4-8)9-5-15-6-10(9)16-12/h8-10H,3-7H2,1-2H3/t9-,10-/m1/s1. The van der Waals surface area contributed by atoms with Gasteiger partial charge in [-0.25, -0.2) is 0 Å². The van der Waals surface area contributed by atoms with Crippen molar-refractivity contribution in [2.24, 2.45) is 5.92 Å². The molecule has 3 fully saturated rings. The van der Waals surface area contributed by atoms with Crippen LogP contribution in [0.5, 0.6) is 0 Å². The lowest BCUT2D eigenvalue weighted by molar-refractivity contribution is -0.169. The Hall–Kier alpha value is -0.610. The zero-order valence-corrected chi connectivity index (χ0v) is 9.94. The third-order valence-corrected chi connectivity index (χ3v) is 3.63. The van der Waals surface area contributed by atoms with E-state index in [9.17, 15) is 4.79 Å². The number of carbonyl (C=O) groups is 1. The topological polar surface area (TPSA) is 38.8 Å². The maximum Gasteiger partial charge on any atom is 0.226 e. The second kappa shape index (κ2) is 3.44. The molecule has 4 heteroatoms. The smallest absolute Gasteiger partial charge is 0.226 e. The summed E-state index contributed by atoms with van der Waals surface area (Å²) in [5.74, 6) is 0.604. The minimum Gasteiger partial charge on any atom is -0.376 e. The van der Waals surface area contributed by atoms with Gasteiger partial charge in [0.15, 0.2) is 0 Å². The van der Waals surface area contributed by atoms with Gasteiger partial charge < -0.3 is 14.4 Å². The van der Waals surface area contributed by atoms with E-state index < -0.39 is 0 Å². The Labute approximate surface area is 95.9 Å². The molecule has 4 nitrogen and oxygen atoms in total. The van der Waals surface area contributed by atoms with Crippen molar-refractivity contribution in [2.75, 3.05) is 19.8 Å². The van der Waals surface area contributed by atoms with E-state index >= 15 is 0 Å². The molecule has 1 amide bonds. The van der Waals surface area contributed by atoms with Gasteiger partial charge in [-0.1, -0.05) is 0 Å². The van der Waals surface area contributed by atoms with E-state index in [0.717, 1.165) is 12.8 Å². The third kappa shape index (κ3) is 1.74. The Morgan fingerprint density at radius 2 is 2.06 bits per heavy atom. The van der Waals surface area contributed by atoms with Crippen LogP contribution in [-0.2, 0) is 14.3 Å². The number of fused-ring (bicyclic) bond motifs is 1. The first kappa shape index (κ1) is 10.5. The third-order valence-electron chi connectivity index (χ3n) is 3.63. The van der Waals surface area contributed by atoms with E-state index in [0.29, 0.717) is 25.7 Å². The molecule has 16 heavy (non-hydrogen) atoms. The summed E-state index contributed by atoms with van der Waals surface area (Å²) in [5.41, 5.74) is -0.237. The minimum absolute atomic E-state index is 0.0754. The van der Waals surface area contributed by atoms with Gasteiger partial charge in [-0.15, -0.1) is 0 Å². The number of nitrogens with zero attached hydrogens (tertiary/aromatic N) is 1. The molecular weight excluding hydrogens is 206 g/mol. The Kier molecular flexibility index (Phi) is 2.27. The number of morpholine rings is 1. The SMILES string of the molecule is CC1(C)CN(C(=O)C2CC2)[C@@H]2COC[C@H]2O1. The van der Waals surface area contributed by atoms with Gasteiger partial charge >= 0.3 is 0 Å². The summed E-state index contributed by atoms with van der Waals surface area (Å²) in [7, 11) is 0. The van der Waals surface area contributed by atoms with Crippen molar-refractivity contribution in [1.82, 2.24) is 4.90 Å². The Morgan fingerprint density at radius 1 is 1.31 bits per heavy atom. The Balaban J connectivity index is 1.80. The first-order chi connectivity index (χ1) is 7.57. The summed E-state index contributed by atoms with van der Waals surface area (Å²) >= 11 is 0. The van der Waals surface area contributed by atoms with Gasteiger partial charge in [-0.05, 0) is 26.7 Å². The highest BCUT2D eigenvalue weighted by Gasteiger charge is 2.48. The summed E-state index contributed by atoms with van der Waals surface area (Å²) in [6.45, 7) is 6.07. The monoisotopic (exact) mass is 225 g/mol. The molecule has 3 rings (SSSR count). The molecule has 1 saturated carbocycles. The Bertz CT molecular complexity index is 311. The predicted molar refractivity (Wildman–Crippen MR) is 58.0 cm³/mol. The van der Waals surface area contributed by atoms with Crippen LogP contribution in [-0.4, -0.2) is 48.3 Å². The molecule has 1 aliphatic carbocycles. The molecule has 2 atom stereocenters. The van der Waals surface area contributed by atoms with Crippen molar-refractivity contribution in [2.45, 2.75) is 44.4 Å². The number of rotatable bonds is 1. The zero-order valence-electron chi connectivity index (χ0n) is 9.94. The molecule has 2 heterocycles. The number of hydrogen-bond acceptors (Lipinski definition) is 3. The van der Waals surface area contributed by atoms with Crippen molar-refractivity contribution in [3.05, 3.63) is 0 Å². The van der Waals surface area contributed by atoms with Crippen molar-refractivity contribution in [1.29, 1.82) is 0 Å². The molecule has 0 aromatic heterocycles. The number of ether oxygens (including phenoxy) is 2. The molecule has 0 radical (unpaired) electrons. The average molecular weight is 225 g/mol. The fraction of sp³-hybridized carbons (Fsp3) is 0.917.